The number of carbonyl (C=O) groups excluding carboxylic acids is 1. The summed E-state index contributed by atoms with van der Waals surface area (Å²) in [6, 6.07) is -0.153. The largest absolute Gasteiger partial charge is 0.378 e. The lowest BCUT2D eigenvalue weighted by molar-refractivity contribution is -0.129. The first-order chi connectivity index (χ1) is 9.31. The van der Waals surface area contributed by atoms with Gasteiger partial charge in [0.05, 0.1) is 30.8 Å². The number of aromatic nitrogens is 2. The van der Waals surface area contributed by atoms with Crippen molar-refractivity contribution < 1.29 is 9.53 Å². The molecule has 3 rings (SSSR count). The summed E-state index contributed by atoms with van der Waals surface area (Å²) >= 11 is 0. The van der Waals surface area contributed by atoms with E-state index in [1.165, 1.54) is 0 Å². The zero-order valence-electron chi connectivity index (χ0n) is 11.3. The number of nitrogens with one attached hydrogen (secondary N) is 1. The summed E-state index contributed by atoms with van der Waals surface area (Å²) in [6.07, 6.45) is 3.71. The topological polar surface area (TPSA) is 61.5 Å². The van der Waals surface area contributed by atoms with Crippen LogP contribution in [-0.2, 0) is 16.0 Å². The van der Waals surface area contributed by atoms with Gasteiger partial charge in [-0.25, -0.2) is 0 Å². The molecule has 2 aliphatic rings. The molecule has 0 aliphatic carbocycles. The van der Waals surface area contributed by atoms with E-state index in [1.54, 1.807) is 6.20 Å². The molecule has 1 fully saturated rings. The van der Waals surface area contributed by atoms with Crippen LogP contribution in [0, 0.1) is 0 Å². The molecular weight excluding hydrogens is 244 g/mol. The van der Waals surface area contributed by atoms with Crippen LogP contribution < -0.4 is 4.90 Å². The van der Waals surface area contributed by atoms with Crippen LogP contribution in [-0.4, -0.2) is 59.9 Å². The van der Waals surface area contributed by atoms with E-state index in [2.05, 4.69) is 22.0 Å². The van der Waals surface area contributed by atoms with Gasteiger partial charge in [-0.05, 0) is 19.4 Å². The number of aryl methyl sites for hydroxylation is 1. The van der Waals surface area contributed by atoms with E-state index in [-0.39, 0.29) is 11.9 Å². The predicted octanol–water partition coefficient (Wildman–Crippen LogP) is 0.410. The van der Waals surface area contributed by atoms with Crippen LogP contribution in [0.2, 0.25) is 0 Å². The fourth-order valence-corrected chi connectivity index (χ4v) is 2.91. The van der Waals surface area contributed by atoms with Crippen LogP contribution >= 0.6 is 0 Å². The minimum absolute atomic E-state index is 0.143. The van der Waals surface area contributed by atoms with Gasteiger partial charge in [-0.3, -0.25) is 14.8 Å². The number of amides is 1. The SMILES string of the molecule is CCN1CCOCC1C(=O)N1CCCc2[nH]ncc21. The van der Waals surface area contributed by atoms with Crippen molar-refractivity contribution in [3.63, 3.8) is 0 Å². The number of hydrogen-bond acceptors (Lipinski definition) is 4. The van der Waals surface area contributed by atoms with Crippen LogP contribution in [0.1, 0.15) is 19.0 Å². The summed E-state index contributed by atoms with van der Waals surface area (Å²) in [5.41, 5.74) is 2.01. The molecule has 0 bridgehead atoms. The first-order valence-corrected chi connectivity index (χ1v) is 6.96. The molecule has 1 aromatic heterocycles. The monoisotopic (exact) mass is 264 g/mol. The molecule has 3 heterocycles. The summed E-state index contributed by atoms with van der Waals surface area (Å²) in [5.74, 6) is 0.143. The average molecular weight is 264 g/mol. The lowest BCUT2D eigenvalue weighted by Gasteiger charge is -2.37. The Morgan fingerprint density at radius 3 is 3.32 bits per heavy atom. The van der Waals surface area contributed by atoms with E-state index in [0.717, 1.165) is 43.9 Å². The highest BCUT2D eigenvalue weighted by Crippen LogP contribution is 2.26. The highest BCUT2D eigenvalue weighted by molar-refractivity contribution is 5.98. The second-order valence-electron chi connectivity index (χ2n) is 5.05. The Morgan fingerprint density at radius 1 is 1.58 bits per heavy atom. The first-order valence-electron chi connectivity index (χ1n) is 6.96. The molecule has 19 heavy (non-hydrogen) atoms. The molecule has 0 radical (unpaired) electrons. The number of carbonyl (C=O) groups is 1. The maximum Gasteiger partial charge on any atom is 0.246 e. The lowest BCUT2D eigenvalue weighted by Crippen LogP contribution is -2.55. The number of H-pyrrole nitrogens is 1. The summed E-state index contributed by atoms with van der Waals surface area (Å²) in [7, 11) is 0. The maximum atomic E-state index is 12.7. The van der Waals surface area contributed by atoms with Gasteiger partial charge >= 0.3 is 0 Å². The molecule has 2 aliphatic heterocycles. The third-order valence-electron chi connectivity index (χ3n) is 3.99. The highest BCUT2D eigenvalue weighted by atomic mass is 16.5. The number of fused-ring (bicyclic) bond motifs is 1. The van der Waals surface area contributed by atoms with Gasteiger partial charge in [0.2, 0.25) is 5.91 Å². The Balaban J connectivity index is 1.81. The molecule has 1 amide bonds. The molecule has 0 spiro atoms. The predicted molar refractivity (Wildman–Crippen MR) is 71.1 cm³/mol. The molecule has 6 nitrogen and oxygen atoms in total. The van der Waals surface area contributed by atoms with Crippen molar-refractivity contribution in [1.82, 2.24) is 15.1 Å². The standard InChI is InChI=1S/C13H20N4O2/c1-2-16-6-7-19-9-12(16)13(18)17-5-3-4-10-11(17)8-14-15-10/h8,12H,2-7,9H2,1H3,(H,14,15). The number of aromatic amines is 1. The van der Waals surface area contributed by atoms with Crippen molar-refractivity contribution in [2.24, 2.45) is 0 Å². The van der Waals surface area contributed by atoms with Gasteiger partial charge in [0.25, 0.3) is 0 Å². The maximum absolute atomic E-state index is 12.7. The summed E-state index contributed by atoms with van der Waals surface area (Å²) in [4.78, 5) is 16.8. The Morgan fingerprint density at radius 2 is 2.47 bits per heavy atom. The van der Waals surface area contributed by atoms with E-state index in [0.29, 0.717) is 13.2 Å². The number of nitrogens with zero attached hydrogens (tertiary/aromatic N) is 3. The van der Waals surface area contributed by atoms with Crippen LogP contribution in [0.25, 0.3) is 0 Å². The van der Waals surface area contributed by atoms with Crippen molar-refractivity contribution in [2.75, 3.05) is 37.7 Å². The zero-order chi connectivity index (χ0) is 13.2. The Kier molecular flexibility index (Phi) is 3.52. The van der Waals surface area contributed by atoms with Crippen molar-refractivity contribution in [2.45, 2.75) is 25.8 Å². The molecule has 104 valence electrons. The summed E-state index contributed by atoms with van der Waals surface area (Å²) in [5, 5.41) is 7.04. The van der Waals surface area contributed by atoms with Crippen LogP contribution in [0.15, 0.2) is 6.20 Å². The van der Waals surface area contributed by atoms with Gasteiger partial charge in [-0.15, -0.1) is 0 Å². The fourth-order valence-electron chi connectivity index (χ4n) is 2.91. The second kappa shape index (κ2) is 5.30. The minimum Gasteiger partial charge on any atom is -0.378 e. The Hall–Kier alpha value is -1.40. The van der Waals surface area contributed by atoms with Crippen molar-refractivity contribution in [3.05, 3.63) is 11.9 Å². The van der Waals surface area contributed by atoms with Crippen molar-refractivity contribution in [3.8, 4) is 0 Å². The van der Waals surface area contributed by atoms with E-state index in [4.69, 9.17) is 4.74 Å². The number of morpholine rings is 1. The molecule has 6 heteroatoms. The van der Waals surface area contributed by atoms with Crippen LogP contribution in [0.5, 0.6) is 0 Å². The van der Waals surface area contributed by atoms with Gasteiger partial charge in [-0.2, -0.15) is 5.10 Å². The molecular formula is C13H20N4O2. The molecule has 0 aromatic carbocycles. The number of hydrogen-bond donors (Lipinski definition) is 1. The van der Waals surface area contributed by atoms with Gasteiger partial charge in [0, 0.05) is 13.1 Å². The molecule has 1 atom stereocenters. The zero-order valence-corrected chi connectivity index (χ0v) is 11.3. The first kappa shape index (κ1) is 12.6. The molecule has 1 unspecified atom stereocenters. The van der Waals surface area contributed by atoms with Gasteiger partial charge < -0.3 is 9.64 Å². The van der Waals surface area contributed by atoms with Crippen molar-refractivity contribution in [1.29, 1.82) is 0 Å². The lowest BCUT2D eigenvalue weighted by atomic mass is 10.1. The van der Waals surface area contributed by atoms with Gasteiger partial charge in [0.15, 0.2) is 0 Å². The minimum atomic E-state index is -0.153. The highest BCUT2D eigenvalue weighted by Gasteiger charge is 2.34. The summed E-state index contributed by atoms with van der Waals surface area (Å²) in [6.45, 7) is 5.79. The molecule has 1 saturated heterocycles. The van der Waals surface area contributed by atoms with Crippen LogP contribution in [0.4, 0.5) is 5.69 Å². The van der Waals surface area contributed by atoms with E-state index < -0.39 is 0 Å². The second-order valence-corrected chi connectivity index (χ2v) is 5.05. The number of likely N-dealkylation sites (N-methyl/N-ethyl adjacent to an activating group) is 1. The van der Waals surface area contributed by atoms with E-state index in [1.807, 2.05) is 4.90 Å². The normalized spacial score (nSPS) is 24.3. The van der Waals surface area contributed by atoms with E-state index >= 15 is 0 Å². The Bertz CT molecular complexity index is 459. The number of anilines is 1. The summed E-state index contributed by atoms with van der Waals surface area (Å²) < 4.78 is 5.48. The number of ether oxygens (including phenoxy) is 1. The van der Waals surface area contributed by atoms with Gasteiger partial charge in [-0.1, -0.05) is 6.92 Å². The Labute approximate surface area is 112 Å². The fraction of sp³-hybridized carbons (Fsp3) is 0.692. The molecule has 1 N–H and O–H groups in total. The molecule has 1 aromatic rings. The average Bonchev–Trinajstić information content (AvgIpc) is 2.94. The third kappa shape index (κ3) is 2.26. The quantitative estimate of drug-likeness (QED) is 0.840. The number of rotatable bonds is 2. The van der Waals surface area contributed by atoms with E-state index in [9.17, 15) is 4.79 Å². The van der Waals surface area contributed by atoms with Gasteiger partial charge in [0.1, 0.15) is 6.04 Å². The van der Waals surface area contributed by atoms with Crippen LogP contribution in [0.3, 0.4) is 0 Å². The third-order valence-corrected chi connectivity index (χ3v) is 3.99. The smallest absolute Gasteiger partial charge is 0.246 e. The molecule has 0 saturated carbocycles. The van der Waals surface area contributed by atoms with Crippen molar-refractivity contribution >= 4 is 11.6 Å².